The van der Waals surface area contributed by atoms with E-state index in [2.05, 4.69) is 98.0 Å². The van der Waals surface area contributed by atoms with Gasteiger partial charge in [0.2, 0.25) is 0 Å². The summed E-state index contributed by atoms with van der Waals surface area (Å²) in [5.41, 5.74) is 13.3. The molecule has 8 rings (SSSR count). The van der Waals surface area contributed by atoms with Crippen molar-refractivity contribution in [2.24, 2.45) is 15.9 Å². The number of rotatable bonds is 3. The van der Waals surface area contributed by atoms with Gasteiger partial charge in [-0.25, -0.2) is 0 Å². The van der Waals surface area contributed by atoms with Crippen molar-refractivity contribution in [3.05, 3.63) is 108 Å². The number of nitrogens with zero attached hydrogens (tertiary/aromatic N) is 6. The molecular weight excluding hydrogens is 516 g/mol. The van der Waals surface area contributed by atoms with Crippen LogP contribution in [-0.2, 0) is 12.0 Å². The van der Waals surface area contributed by atoms with Crippen LogP contribution in [0.1, 0.15) is 36.4 Å². The van der Waals surface area contributed by atoms with Crippen molar-refractivity contribution in [1.82, 2.24) is 14.5 Å². The number of aryl methyl sites for hydroxylation is 2. The van der Waals surface area contributed by atoms with Gasteiger partial charge in [0, 0.05) is 36.2 Å². The second-order valence-corrected chi connectivity index (χ2v) is 12.0. The first-order chi connectivity index (χ1) is 20.4. The zero-order chi connectivity index (χ0) is 28.6. The maximum Gasteiger partial charge on any atom is 0.126 e. The first kappa shape index (κ1) is 24.9. The van der Waals surface area contributed by atoms with Crippen LogP contribution in [0.4, 0.5) is 17.1 Å². The van der Waals surface area contributed by atoms with Gasteiger partial charge < -0.3 is 9.47 Å². The lowest BCUT2D eigenvalue weighted by molar-refractivity contribution is 0.458. The van der Waals surface area contributed by atoms with Gasteiger partial charge in [0.1, 0.15) is 16.7 Å². The van der Waals surface area contributed by atoms with E-state index in [1.54, 1.807) is 0 Å². The molecule has 3 unspecified atom stereocenters. The normalized spacial score (nSPS) is 22.0. The minimum atomic E-state index is -0.398. The molecule has 3 atom stereocenters. The van der Waals surface area contributed by atoms with E-state index < -0.39 is 5.54 Å². The highest BCUT2D eigenvalue weighted by molar-refractivity contribution is 5.94. The second-order valence-electron chi connectivity index (χ2n) is 12.0. The number of hydrogen-bond donors (Lipinski definition) is 0. The standard InChI is InChI=1S/C36H32N6/c1-22-18-31-34(39-21-22)33-29(8-5-15-37-33)41(31)25-11-13-27(23(2)19-25)28-14-12-26(20-24(28)3)42-30-9-6-16-38-35(30)36(4)32(42)10-7-17-40-36/h5-17,19-22,32H,18H2,1-4H3. The van der Waals surface area contributed by atoms with E-state index in [1.165, 1.54) is 27.9 Å². The summed E-state index contributed by atoms with van der Waals surface area (Å²) in [6, 6.07) is 22.0. The Labute approximate surface area is 245 Å². The molecule has 0 amide bonds. The molecule has 42 heavy (non-hydrogen) atoms. The molecule has 2 aromatic carbocycles. The Morgan fingerprint density at radius 3 is 2.43 bits per heavy atom. The van der Waals surface area contributed by atoms with Crippen LogP contribution in [0.3, 0.4) is 0 Å². The molecule has 0 spiro atoms. The van der Waals surface area contributed by atoms with Crippen LogP contribution < -0.4 is 4.90 Å². The summed E-state index contributed by atoms with van der Waals surface area (Å²) in [4.78, 5) is 21.5. The third kappa shape index (κ3) is 3.51. The molecule has 0 N–H and O–H groups in total. The van der Waals surface area contributed by atoms with Gasteiger partial charge in [0.05, 0.1) is 28.6 Å². The monoisotopic (exact) mass is 548 g/mol. The molecule has 206 valence electrons. The summed E-state index contributed by atoms with van der Waals surface area (Å²) in [6.45, 7) is 8.82. The molecule has 0 aliphatic carbocycles. The Hall–Kier alpha value is -4.84. The van der Waals surface area contributed by atoms with E-state index in [4.69, 9.17) is 20.0 Å². The van der Waals surface area contributed by atoms with E-state index in [1.807, 2.05) is 36.8 Å². The number of aliphatic imine (C=N–C) groups is 2. The number of aromatic nitrogens is 3. The summed E-state index contributed by atoms with van der Waals surface area (Å²) in [5.74, 6) is 0.397. The van der Waals surface area contributed by atoms with Crippen molar-refractivity contribution in [2.75, 3.05) is 4.90 Å². The fourth-order valence-corrected chi connectivity index (χ4v) is 7.10. The van der Waals surface area contributed by atoms with Gasteiger partial charge in [0.25, 0.3) is 0 Å². The number of pyridine rings is 2. The van der Waals surface area contributed by atoms with Crippen molar-refractivity contribution in [3.63, 3.8) is 0 Å². The number of allylic oxidation sites excluding steroid dienone is 1. The number of benzene rings is 2. The van der Waals surface area contributed by atoms with Crippen LogP contribution in [0.15, 0.2) is 95.2 Å². The Morgan fingerprint density at radius 2 is 1.62 bits per heavy atom. The highest BCUT2D eigenvalue weighted by atomic mass is 15.3. The Balaban J connectivity index is 1.19. The van der Waals surface area contributed by atoms with Gasteiger partial charge in [0.15, 0.2) is 0 Å². The number of hydrogen-bond acceptors (Lipinski definition) is 5. The van der Waals surface area contributed by atoms with Crippen molar-refractivity contribution in [1.29, 1.82) is 0 Å². The average molecular weight is 549 g/mol. The lowest BCUT2D eigenvalue weighted by atomic mass is 9.90. The van der Waals surface area contributed by atoms with Crippen molar-refractivity contribution in [2.45, 2.75) is 45.7 Å². The van der Waals surface area contributed by atoms with Crippen LogP contribution in [0.25, 0.3) is 27.8 Å². The van der Waals surface area contributed by atoms with Gasteiger partial charge in [-0.3, -0.25) is 20.0 Å². The van der Waals surface area contributed by atoms with Crippen molar-refractivity contribution >= 4 is 40.5 Å². The van der Waals surface area contributed by atoms with Crippen LogP contribution in [-0.4, -0.2) is 33.0 Å². The van der Waals surface area contributed by atoms with Gasteiger partial charge in [-0.2, -0.15) is 0 Å². The number of anilines is 2. The summed E-state index contributed by atoms with van der Waals surface area (Å²) < 4.78 is 2.35. The Bertz CT molecular complexity index is 2000. The highest BCUT2D eigenvalue weighted by Gasteiger charge is 2.49. The van der Waals surface area contributed by atoms with E-state index in [0.717, 1.165) is 45.9 Å². The first-order valence-corrected chi connectivity index (χ1v) is 14.7. The summed E-state index contributed by atoms with van der Waals surface area (Å²) >= 11 is 0. The summed E-state index contributed by atoms with van der Waals surface area (Å²) in [7, 11) is 0. The zero-order valence-corrected chi connectivity index (χ0v) is 24.3. The maximum absolute atomic E-state index is 4.89. The molecule has 6 heterocycles. The molecular formula is C36H32N6. The lowest BCUT2D eigenvalue weighted by Crippen LogP contribution is -2.39. The molecule has 5 aromatic rings. The predicted molar refractivity (Wildman–Crippen MR) is 172 cm³/mol. The van der Waals surface area contributed by atoms with Gasteiger partial charge in [-0.05, 0) is 110 Å². The zero-order valence-electron chi connectivity index (χ0n) is 24.3. The van der Waals surface area contributed by atoms with E-state index in [0.29, 0.717) is 5.92 Å². The fraction of sp³-hybridized carbons (Fsp3) is 0.222. The smallest absolute Gasteiger partial charge is 0.126 e. The van der Waals surface area contributed by atoms with Crippen LogP contribution in [0.5, 0.6) is 0 Å². The Morgan fingerprint density at radius 1 is 0.881 bits per heavy atom. The minimum Gasteiger partial charge on any atom is -0.330 e. The summed E-state index contributed by atoms with van der Waals surface area (Å²) in [5, 5.41) is 0. The molecule has 0 saturated carbocycles. The number of dihydropyridines is 1. The predicted octanol–water partition coefficient (Wildman–Crippen LogP) is 7.97. The molecule has 0 bridgehead atoms. The van der Waals surface area contributed by atoms with Gasteiger partial charge in [-0.15, -0.1) is 0 Å². The van der Waals surface area contributed by atoms with Gasteiger partial charge >= 0.3 is 0 Å². The molecule has 3 aromatic heterocycles. The van der Waals surface area contributed by atoms with E-state index in [-0.39, 0.29) is 6.04 Å². The second kappa shape index (κ2) is 9.08. The molecule has 3 aliphatic rings. The third-order valence-electron chi connectivity index (χ3n) is 9.12. The van der Waals surface area contributed by atoms with Crippen LogP contribution in [0.2, 0.25) is 0 Å². The van der Waals surface area contributed by atoms with E-state index in [9.17, 15) is 0 Å². The van der Waals surface area contributed by atoms with Crippen molar-refractivity contribution in [3.8, 4) is 16.8 Å². The topological polar surface area (TPSA) is 58.7 Å². The van der Waals surface area contributed by atoms with E-state index >= 15 is 0 Å². The highest BCUT2D eigenvalue weighted by Crippen LogP contribution is 2.50. The Kier molecular flexibility index (Phi) is 5.39. The average Bonchev–Trinajstić information content (AvgIpc) is 3.46. The SMILES string of the molecule is Cc1cc(N2c3cccnc3C3(C)N=CC=CC23)ccc1-c1ccc(-n2c3c(c4ncccc42)N=CC(C)C3)cc1C. The molecule has 3 aliphatic heterocycles. The number of fused-ring (bicyclic) bond motifs is 6. The summed E-state index contributed by atoms with van der Waals surface area (Å²) in [6.07, 6.45) is 12.9. The maximum atomic E-state index is 4.89. The molecule has 0 fully saturated rings. The van der Waals surface area contributed by atoms with Crippen LogP contribution in [0, 0.1) is 19.8 Å². The third-order valence-corrected chi connectivity index (χ3v) is 9.12. The minimum absolute atomic E-state index is 0.0857. The first-order valence-electron chi connectivity index (χ1n) is 14.7. The molecule has 0 saturated heterocycles. The quantitative estimate of drug-likeness (QED) is 0.230. The molecule has 0 radical (unpaired) electrons. The largest absolute Gasteiger partial charge is 0.330 e. The van der Waals surface area contributed by atoms with Crippen LogP contribution >= 0.6 is 0 Å². The lowest BCUT2D eigenvalue weighted by Gasteiger charge is -2.33. The molecule has 6 nitrogen and oxygen atoms in total. The molecule has 6 heteroatoms. The van der Waals surface area contributed by atoms with Crippen molar-refractivity contribution < 1.29 is 0 Å². The van der Waals surface area contributed by atoms with Gasteiger partial charge in [-0.1, -0.05) is 25.1 Å². The fourth-order valence-electron chi connectivity index (χ4n) is 7.10.